The van der Waals surface area contributed by atoms with E-state index in [-0.39, 0.29) is 24.1 Å². The van der Waals surface area contributed by atoms with Crippen LogP contribution in [-0.2, 0) is 21.4 Å². The Labute approximate surface area is 203 Å². The first-order valence-corrected chi connectivity index (χ1v) is 12.5. The number of carbonyl (C=O) groups excluding carboxylic acids is 2. The number of aryl methyl sites for hydroxylation is 1. The topological polar surface area (TPSA) is 81.4 Å². The summed E-state index contributed by atoms with van der Waals surface area (Å²) in [4.78, 5) is 30.5. The number of aliphatic hydroxyl groups is 1. The van der Waals surface area contributed by atoms with E-state index in [4.69, 9.17) is 4.74 Å². The second-order valence-corrected chi connectivity index (χ2v) is 10.8. The van der Waals surface area contributed by atoms with Crippen molar-refractivity contribution in [1.29, 1.82) is 0 Å². The first-order valence-electron chi connectivity index (χ1n) is 12.5. The lowest BCUT2D eigenvalue weighted by Crippen LogP contribution is -2.39. The Bertz CT molecular complexity index is 1050. The molecule has 2 heterocycles. The molecular weight excluding hydrogens is 428 g/mol. The molecule has 1 aromatic heterocycles. The van der Waals surface area contributed by atoms with Crippen molar-refractivity contribution in [3.8, 4) is 0 Å². The van der Waals surface area contributed by atoms with Gasteiger partial charge in [-0.1, -0.05) is 45.4 Å². The number of aromatic nitrogens is 2. The van der Waals surface area contributed by atoms with Gasteiger partial charge in [0.15, 0.2) is 0 Å². The number of rotatable bonds is 1. The summed E-state index contributed by atoms with van der Waals surface area (Å²) in [7, 11) is 1.96. The Balaban J connectivity index is 1.87. The van der Waals surface area contributed by atoms with Crippen molar-refractivity contribution in [3.63, 3.8) is 0 Å². The Morgan fingerprint density at radius 1 is 1.18 bits per heavy atom. The summed E-state index contributed by atoms with van der Waals surface area (Å²) < 4.78 is 7.92. The van der Waals surface area contributed by atoms with E-state index in [2.05, 4.69) is 18.0 Å². The van der Waals surface area contributed by atoms with Crippen LogP contribution in [0.1, 0.15) is 84.8 Å². The molecule has 1 aliphatic rings. The number of imidazole rings is 1. The highest BCUT2D eigenvalue weighted by Gasteiger charge is 2.37. The minimum Gasteiger partial charge on any atom is -0.457 e. The Hall–Kier alpha value is -2.47. The maximum Gasteiger partial charge on any atom is 0.306 e. The number of Topliss-reactive ketones (excluding diaryl/α,β-unsaturated/α-hetero) is 1. The molecule has 4 atom stereocenters. The number of ketones is 1. The van der Waals surface area contributed by atoms with E-state index >= 15 is 0 Å². The van der Waals surface area contributed by atoms with Gasteiger partial charge in [0, 0.05) is 31.2 Å². The zero-order chi connectivity index (χ0) is 25.0. The molecule has 0 amide bonds. The summed E-state index contributed by atoms with van der Waals surface area (Å²) in [6, 6.07) is 6.01. The highest BCUT2D eigenvalue weighted by Crippen LogP contribution is 2.33. The number of fused-ring (bicyclic) bond motifs is 1. The van der Waals surface area contributed by atoms with Gasteiger partial charge in [0.1, 0.15) is 11.9 Å². The van der Waals surface area contributed by atoms with Crippen LogP contribution in [0.15, 0.2) is 36.2 Å². The third-order valence-electron chi connectivity index (χ3n) is 7.44. The standard InChI is InChI=1S/C28H40N2O4/c1-18-8-7-9-19(2)26(32)20(3)27(33)28(4,5)15-14-25(31)34-24(13-10-18)21-11-12-23-22(16-21)29-17-30(23)6/h10-12,16-17,19-20,24,26,32H,7-9,13-15H2,1-6H3/b18-10-/t19-,20+,24?,26?/m0/s1. The van der Waals surface area contributed by atoms with E-state index in [1.54, 1.807) is 6.33 Å². The van der Waals surface area contributed by atoms with Gasteiger partial charge in [-0.25, -0.2) is 4.98 Å². The van der Waals surface area contributed by atoms with Gasteiger partial charge in [-0.3, -0.25) is 9.59 Å². The van der Waals surface area contributed by atoms with Gasteiger partial charge in [0.2, 0.25) is 0 Å². The smallest absolute Gasteiger partial charge is 0.306 e. The molecule has 3 rings (SSSR count). The third kappa shape index (κ3) is 6.15. The average Bonchev–Trinajstić information content (AvgIpc) is 3.18. The van der Waals surface area contributed by atoms with Crippen LogP contribution in [0.4, 0.5) is 0 Å². The van der Waals surface area contributed by atoms with Crippen molar-refractivity contribution in [2.45, 2.75) is 85.4 Å². The maximum atomic E-state index is 13.2. The monoisotopic (exact) mass is 468 g/mol. The predicted molar refractivity (Wildman–Crippen MR) is 134 cm³/mol. The van der Waals surface area contributed by atoms with Crippen LogP contribution in [0.3, 0.4) is 0 Å². The molecule has 0 saturated heterocycles. The molecular formula is C28H40N2O4. The summed E-state index contributed by atoms with van der Waals surface area (Å²) >= 11 is 0. The van der Waals surface area contributed by atoms with Crippen molar-refractivity contribution in [2.24, 2.45) is 24.3 Å². The molecule has 0 fully saturated rings. The van der Waals surface area contributed by atoms with Crippen LogP contribution in [0.5, 0.6) is 0 Å². The number of carbonyl (C=O) groups is 2. The molecule has 186 valence electrons. The predicted octanol–water partition coefficient (Wildman–Crippen LogP) is 5.69. The zero-order valence-corrected chi connectivity index (χ0v) is 21.5. The second kappa shape index (κ2) is 10.9. The Kier molecular flexibility index (Phi) is 8.34. The van der Waals surface area contributed by atoms with E-state index in [1.165, 1.54) is 5.57 Å². The van der Waals surface area contributed by atoms with Gasteiger partial charge in [-0.2, -0.15) is 0 Å². The molecule has 0 spiro atoms. The fourth-order valence-corrected chi connectivity index (χ4v) is 4.91. The highest BCUT2D eigenvalue weighted by molar-refractivity contribution is 5.87. The number of hydrogen-bond acceptors (Lipinski definition) is 5. The molecule has 2 aromatic rings. The molecule has 0 saturated carbocycles. The van der Waals surface area contributed by atoms with E-state index in [0.717, 1.165) is 35.9 Å². The van der Waals surface area contributed by atoms with Crippen molar-refractivity contribution < 1.29 is 19.4 Å². The van der Waals surface area contributed by atoms with E-state index < -0.39 is 23.5 Å². The lowest BCUT2D eigenvalue weighted by molar-refractivity contribution is -0.150. The van der Waals surface area contributed by atoms with Crippen LogP contribution >= 0.6 is 0 Å². The molecule has 1 aliphatic heterocycles. The molecule has 6 heteroatoms. The molecule has 0 bridgehead atoms. The average molecular weight is 469 g/mol. The van der Waals surface area contributed by atoms with Crippen LogP contribution in [0, 0.1) is 17.3 Å². The van der Waals surface area contributed by atoms with E-state index in [0.29, 0.717) is 12.8 Å². The van der Waals surface area contributed by atoms with Gasteiger partial charge in [-0.05, 0) is 56.2 Å². The zero-order valence-electron chi connectivity index (χ0n) is 21.5. The first kappa shape index (κ1) is 26.1. The number of hydrogen-bond donors (Lipinski definition) is 1. The number of nitrogens with zero attached hydrogens (tertiary/aromatic N) is 2. The number of esters is 1. The Morgan fingerprint density at radius 2 is 1.91 bits per heavy atom. The van der Waals surface area contributed by atoms with Crippen LogP contribution in [0.2, 0.25) is 0 Å². The molecule has 2 unspecified atom stereocenters. The number of ether oxygens (including phenoxy) is 1. The van der Waals surface area contributed by atoms with Gasteiger partial charge in [0.25, 0.3) is 0 Å². The second-order valence-electron chi connectivity index (χ2n) is 10.8. The summed E-state index contributed by atoms with van der Waals surface area (Å²) in [5.41, 5.74) is 3.34. The van der Waals surface area contributed by atoms with Crippen LogP contribution in [0.25, 0.3) is 11.0 Å². The lowest BCUT2D eigenvalue weighted by Gasteiger charge is -2.31. The van der Waals surface area contributed by atoms with Gasteiger partial charge in [-0.15, -0.1) is 0 Å². The fraction of sp³-hybridized carbons (Fsp3) is 0.607. The normalized spacial score (nSPS) is 29.4. The van der Waals surface area contributed by atoms with Crippen molar-refractivity contribution in [1.82, 2.24) is 9.55 Å². The van der Waals surface area contributed by atoms with E-state index in [1.807, 2.05) is 57.5 Å². The quantitative estimate of drug-likeness (QED) is 0.430. The number of allylic oxidation sites excluding steroid dienone is 1. The minimum absolute atomic E-state index is 0.0000240. The summed E-state index contributed by atoms with van der Waals surface area (Å²) in [5.74, 6) is -0.742. The number of cyclic esters (lactones) is 1. The largest absolute Gasteiger partial charge is 0.457 e. The van der Waals surface area contributed by atoms with E-state index in [9.17, 15) is 14.7 Å². The first-order chi connectivity index (χ1) is 16.0. The number of benzene rings is 1. The van der Waals surface area contributed by atoms with Crippen molar-refractivity contribution in [3.05, 3.63) is 41.7 Å². The Morgan fingerprint density at radius 3 is 2.65 bits per heavy atom. The summed E-state index contributed by atoms with van der Waals surface area (Å²) in [6.45, 7) is 9.64. The molecule has 1 N–H and O–H groups in total. The fourth-order valence-electron chi connectivity index (χ4n) is 4.91. The van der Waals surface area contributed by atoms with Gasteiger partial charge in [0.05, 0.1) is 23.5 Å². The van der Waals surface area contributed by atoms with Crippen LogP contribution in [-0.4, -0.2) is 32.5 Å². The molecule has 34 heavy (non-hydrogen) atoms. The van der Waals surface area contributed by atoms with Gasteiger partial charge < -0.3 is 14.4 Å². The molecule has 0 radical (unpaired) electrons. The molecule has 1 aromatic carbocycles. The van der Waals surface area contributed by atoms with Gasteiger partial charge >= 0.3 is 5.97 Å². The molecule has 0 aliphatic carbocycles. The lowest BCUT2D eigenvalue weighted by atomic mass is 9.74. The SMILES string of the molecule is C/C1=C/CC(c2ccc3c(c2)ncn3C)OC(=O)CCC(C)(C)C(=O)[C@H](C)C(O)[C@@H](C)CCC1. The summed E-state index contributed by atoms with van der Waals surface area (Å²) in [5, 5.41) is 10.8. The third-order valence-corrected chi connectivity index (χ3v) is 7.44. The highest BCUT2D eigenvalue weighted by atomic mass is 16.5. The number of aliphatic hydroxyl groups excluding tert-OH is 1. The minimum atomic E-state index is -0.713. The van der Waals surface area contributed by atoms with Crippen LogP contribution < -0.4 is 0 Å². The maximum absolute atomic E-state index is 13.2. The molecule has 6 nitrogen and oxygen atoms in total. The van der Waals surface area contributed by atoms with Crippen molar-refractivity contribution in [2.75, 3.05) is 0 Å². The summed E-state index contributed by atoms with van der Waals surface area (Å²) in [6.07, 6.45) is 6.69. The van der Waals surface area contributed by atoms with Crippen molar-refractivity contribution >= 4 is 22.8 Å².